The molecule has 1 saturated carbocycles. The van der Waals surface area contributed by atoms with Crippen LogP contribution in [0.15, 0.2) is 65.6 Å². The number of benzene rings is 4. The van der Waals surface area contributed by atoms with Gasteiger partial charge in [-0.25, -0.2) is 35.2 Å². The van der Waals surface area contributed by atoms with Crippen molar-refractivity contribution in [3.63, 3.8) is 0 Å². The van der Waals surface area contributed by atoms with Crippen LogP contribution in [0.2, 0.25) is 0 Å². The van der Waals surface area contributed by atoms with Crippen LogP contribution in [0.5, 0.6) is 0 Å². The van der Waals surface area contributed by atoms with Crippen molar-refractivity contribution in [1.82, 2.24) is 4.31 Å². The van der Waals surface area contributed by atoms with Gasteiger partial charge in [-0.1, -0.05) is 57.2 Å². The number of halogens is 5. The molecule has 0 heterocycles. The van der Waals surface area contributed by atoms with Gasteiger partial charge in [0.25, 0.3) is 0 Å². The standard InChI is InChI=1S/C38H34F5N3O5S/c1-21-13-24(37(48)49)11-12-29(21)46(18-22-14-27(23-9-10-23)16-28(15-22)38(2,3)4)30(47)20-45(19-26-8-6-5-7-25(26)17-44)52(50,51)36-34(42)32(40)31(39)33(41)35(36)43/h5-8,11-16,23H,9-10,18-20H2,1-4H3,(H,48,49). The fourth-order valence-electron chi connectivity index (χ4n) is 5.84. The number of carbonyl (C=O) groups excluding carboxylic acids is 1. The molecule has 1 N–H and O–H groups in total. The Hall–Kier alpha value is -5.13. The number of hydrogen-bond donors (Lipinski definition) is 1. The number of carboxylic acid groups (broad SMARTS) is 1. The summed E-state index contributed by atoms with van der Waals surface area (Å²) in [6, 6.07) is 17.2. The number of carboxylic acids is 1. The molecule has 8 nitrogen and oxygen atoms in total. The maximum Gasteiger partial charge on any atom is 0.335 e. The number of amides is 1. The first-order valence-corrected chi connectivity index (χ1v) is 17.6. The van der Waals surface area contributed by atoms with Crippen LogP contribution in [0.3, 0.4) is 0 Å². The average molecular weight is 740 g/mol. The zero-order valence-electron chi connectivity index (χ0n) is 28.6. The normalized spacial score (nSPS) is 13.2. The quantitative estimate of drug-likeness (QED) is 0.0951. The van der Waals surface area contributed by atoms with Crippen LogP contribution in [-0.2, 0) is 33.3 Å². The molecule has 1 aliphatic rings. The van der Waals surface area contributed by atoms with Crippen molar-refractivity contribution >= 4 is 27.6 Å². The zero-order valence-corrected chi connectivity index (χ0v) is 29.4. The van der Waals surface area contributed by atoms with Gasteiger partial charge in [-0.05, 0) is 83.2 Å². The molecular formula is C38H34F5N3O5S. The molecule has 14 heteroatoms. The number of aromatic carboxylic acids is 1. The van der Waals surface area contributed by atoms with Gasteiger partial charge in [-0.3, -0.25) is 4.79 Å². The third-order valence-electron chi connectivity index (χ3n) is 8.87. The number of nitriles is 1. The summed E-state index contributed by atoms with van der Waals surface area (Å²) in [6.07, 6.45) is 1.94. The van der Waals surface area contributed by atoms with Crippen LogP contribution < -0.4 is 4.90 Å². The first kappa shape index (κ1) is 38.1. The third kappa shape index (κ3) is 7.70. The lowest BCUT2D eigenvalue weighted by molar-refractivity contribution is -0.119. The van der Waals surface area contributed by atoms with Crippen LogP contribution in [0.1, 0.15) is 83.3 Å². The van der Waals surface area contributed by atoms with Crippen LogP contribution in [0, 0.1) is 47.3 Å². The lowest BCUT2D eigenvalue weighted by Crippen LogP contribution is -2.43. The number of hydrogen-bond acceptors (Lipinski definition) is 5. The first-order chi connectivity index (χ1) is 24.3. The number of anilines is 1. The van der Waals surface area contributed by atoms with Gasteiger partial charge in [0.2, 0.25) is 21.7 Å². The second-order valence-electron chi connectivity index (χ2n) is 13.7. The summed E-state index contributed by atoms with van der Waals surface area (Å²) in [5.41, 5.74) is 2.64. The summed E-state index contributed by atoms with van der Waals surface area (Å²) in [6.45, 7) is 5.37. The van der Waals surface area contributed by atoms with E-state index in [9.17, 15) is 41.5 Å². The molecule has 0 aliphatic heterocycles. The second kappa shape index (κ2) is 14.5. The van der Waals surface area contributed by atoms with E-state index in [1.54, 1.807) is 0 Å². The molecular weight excluding hydrogens is 705 g/mol. The minimum absolute atomic E-state index is 0.0225. The molecule has 0 unspecified atom stereocenters. The summed E-state index contributed by atoms with van der Waals surface area (Å²) in [7, 11) is -5.69. The average Bonchev–Trinajstić information content (AvgIpc) is 3.94. The SMILES string of the molecule is Cc1cc(C(=O)O)ccc1N(Cc1cc(C2CC2)cc(C(C)(C)C)c1)C(=O)CN(Cc1ccccc1C#N)S(=O)(=O)c1c(F)c(F)c(F)c(F)c1F. The summed E-state index contributed by atoms with van der Waals surface area (Å²) in [5, 5.41) is 19.2. The number of sulfonamides is 1. The Morgan fingerprint density at radius 2 is 1.50 bits per heavy atom. The van der Waals surface area contributed by atoms with Gasteiger partial charge in [0, 0.05) is 12.2 Å². The van der Waals surface area contributed by atoms with E-state index in [-0.39, 0.29) is 38.6 Å². The van der Waals surface area contributed by atoms with Gasteiger partial charge in [0.1, 0.15) is 0 Å². The van der Waals surface area contributed by atoms with Crippen LogP contribution in [0.4, 0.5) is 27.6 Å². The fraction of sp³-hybridized carbons (Fsp3) is 0.289. The third-order valence-corrected chi connectivity index (χ3v) is 10.7. The van der Waals surface area contributed by atoms with E-state index in [0.717, 1.165) is 24.0 Å². The molecule has 1 fully saturated rings. The molecule has 0 aromatic heterocycles. The molecule has 0 saturated heterocycles. The highest BCUT2D eigenvalue weighted by Gasteiger charge is 2.39. The number of rotatable bonds is 11. The second-order valence-corrected chi connectivity index (χ2v) is 15.6. The molecule has 0 bridgehead atoms. The predicted octanol–water partition coefficient (Wildman–Crippen LogP) is 7.86. The van der Waals surface area contributed by atoms with Crippen molar-refractivity contribution in [1.29, 1.82) is 5.26 Å². The highest BCUT2D eigenvalue weighted by molar-refractivity contribution is 7.89. The number of carbonyl (C=O) groups is 2. The van der Waals surface area contributed by atoms with Gasteiger partial charge in [0.05, 0.1) is 30.3 Å². The molecule has 4 aromatic rings. The predicted molar refractivity (Wildman–Crippen MR) is 181 cm³/mol. The van der Waals surface area contributed by atoms with Crippen molar-refractivity contribution in [2.24, 2.45) is 0 Å². The van der Waals surface area contributed by atoms with Gasteiger partial charge in [-0.15, -0.1) is 0 Å². The molecule has 272 valence electrons. The minimum Gasteiger partial charge on any atom is -0.478 e. The van der Waals surface area contributed by atoms with Gasteiger partial charge in [0.15, 0.2) is 28.2 Å². The number of nitrogens with zero attached hydrogens (tertiary/aromatic N) is 3. The first-order valence-electron chi connectivity index (χ1n) is 16.1. The van der Waals surface area contributed by atoms with E-state index in [0.29, 0.717) is 17.0 Å². The molecule has 1 amide bonds. The van der Waals surface area contributed by atoms with E-state index in [1.165, 1.54) is 54.3 Å². The summed E-state index contributed by atoms with van der Waals surface area (Å²) in [5.74, 6) is -14.7. The monoisotopic (exact) mass is 739 g/mol. The van der Waals surface area contributed by atoms with E-state index >= 15 is 8.78 Å². The largest absolute Gasteiger partial charge is 0.478 e. The molecule has 5 rings (SSSR count). The van der Waals surface area contributed by atoms with E-state index in [4.69, 9.17) is 0 Å². The highest BCUT2D eigenvalue weighted by atomic mass is 32.2. The Morgan fingerprint density at radius 1 is 0.885 bits per heavy atom. The Bertz CT molecular complexity index is 2220. The van der Waals surface area contributed by atoms with Crippen LogP contribution >= 0.6 is 0 Å². The minimum atomic E-state index is -5.69. The maximum atomic E-state index is 15.1. The fourth-order valence-corrected chi connectivity index (χ4v) is 7.32. The van der Waals surface area contributed by atoms with E-state index in [2.05, 4.69) is 6.07 Å². The summed E-state index contributed by atoms with van der Waals surface area (Å²) >= 11 is 0. The van der Waals surface area contributed by atoms with Crippen molar-refractivity contribution < 1.29 is 45.1 Å². The smallest absolute Gasteiger partial charge is 0.335 e. The van der Waals surface area contributed by atoms with Gasteiger partial charge < -0.3 is 10.0 Å². The Labute approximate surface area is 297 Å². The summed E-state index contributed by atoms with van der Waals surface area (Å²) in [4.78, 5) is 25.2. The lowest BCUT2D eigenvalue weighted by Gasteiger charge is -2.30. The van der Waals surface area contributed by atoms with E-state index < -0.39 is 69.0 Å². The highest BCUT2D eigenvalue weighted by Crippen LogP contribution is 2.42. The zero-order chi connectivity index (χ0) is 38.3. The van der Waals surface area contributed by atoms with Crippen molar-refractivity contribution in [2.45, 2.75) is 69.9 Å². The van der Waals surface area contributed by atoms with Crippen molar-refractivity contribution in [2.75, 3.05) is 11.4 Å². The topological polar surface area (TPSA) is 119 Å². The Balaban J connectivity index is 1.66. The molecule has 4 aromatic carbocycles. The van der Waals surface area contributed by atoms with E-state index in [1.807, 2.05) is 39.0 Å². The molecule has 0 radical (unpaired) electrons. The molecule has 0 atom stereocenters. The van der Waals surface area contributed by atoms with Crippen LogP contribution in [0.25, 0.3) is 0 Å². The molecule has 52 heavy (non-hydrogen) atoms. The number of aryl methyl sites for hydroxylation is 1. The molecule has 0 spiro atoms. The lowest BCUT2D eigenvalue weighted by atomic mass is 9.84. The maximum absolute atomic E-state index is 15.1. The van der Waals surface area contributed by atoms with Gasteiger partial charge in [-0.2, -0.15) is 9.57 Å². The Kier molecular flexibility index (Phi) is 10.6. The van der Waals surface area contributed by atoms with Gasteiger partial charge >= 0.3 is 5.97 Å². The van der Waals surface area contributed by atoms with Crippen molar-refractivity contribution in [3.8, 4) is 6.07 Å². The molecule has 1 aliphatic carbocycles. The Morgan fingerprint density at radius 3 is 2.06 bits per heavy atom. The summed E-state index contributed by atoms with van der Waals surface area (Å²) < 4.78 is 101. The van der Waals surface area contributed by atoms with Crippen LogP contribution in [-0.4, -0.2) is 36.3 Å². The van der Waals surface area contributed by atoms with Crippen molar-refractivity contribution in [3.05, 3.63) is 129 Å².